The highest BCUT2D eigenvalue weighted by atomic mass is 35.5. The van der Waals surface area contributed by atoms with Gasteiger partial charge in [0.2, 0.25) is 0 Å². The van der Waals surface area contributed by atoms with Crippen LogP contribution in [0.4, 0.5) is 4.39 Å². The third-order valence-corrected chi connectivity index (χ3v) is 4.21. The number of nitrogens with zero attached hydrogens (tertiary/aromatic N) is 1. The van der Waals surface area contributed by atoms with Crippen molar-refractivity contribution in [3.63, 3.8) is 0 Å². The van der Waals surface area contributed by atoms with Gasteiger partial charge in [0.15, 0.2) is 11.0 Å². The van der Waals surface area contributed by atoms with Crippen LogP contribution in [-0.4, -0.2) is 10.1 Å². The topological polar surface area (TPSA) is 63.3 Å². The smallest absolute Gasteiger partial charge is 0.340 e. The number of pyridine rings is 1. The molecule has 4 nitrogen and oxygen atoms in total. The Morgan fingerprint density at radius 2 is 2.09 bits per heavy atom. The number of aromatic hydroxyl groups is 1. The lowest BCUT2D eigenvalue weighted by atomic mass is 10.00. The Labute approximate surface area is 140 Å². The van der Waals surface area contributed by atoms with Crippen molar-refractivity contribution >= 4 is 34.2 Å². The van der Waals surface area contributed by atoms with E-state index in [4.69, 9.17) is 27.6 Å². The highest BCUT2D eigenvalue weighted by Crippen LogP contribution is 2.31. The molecule has 23 heavy (non-hydrogen) atoms. The highest BCUT2D eigenvalue weighted by molar-refractivity contribution is 6.32. The number of phenolic OH excluding ortho intramolecular Hbond substituents is 1. The standard InChI is InChI=1S/C16H10Cl2FNO3/c1-7-9-5-11(17)12(21)6-13(9)23-16(22)10(7)4-8-2-3-20-15(18)14(8)19/h2-3,5-6,21H,4H2,1H3. The van der Waals surface area contributed by atoms with Crippen LogP contribution < -0.4 is 5.63 Å². The molecule has 3 aromatic rings. The number of halogens is 3. The number of rotatable bonds is 2. The van der Waals surface area contributed by atoms with Crippen LogP contribution in [-0.2, 0) is 6.42 Å². The van der Waals surface area contributed by atoms with Gasteiger partial charge < -0.3 is 9.52 Å². The first kappa shape index (κ1) is 15.8. The summed E-state index contributed by atoms with van der Waals surface area (Å²) in [5, 5.41) is 10.1. The first-order valence-electron chi connectivity index (χ1n) is 6.62. The maximum Gasteiger partial charge on any atom is 0.340 e. The number of hydrogen-bond acceptors (Lipinski definition) is 4. The van der Waals surface area contributed by atoms with Gasteiger partial charge in [0.05, 0.1) is 5.02 Å². The van der Waals surface area contributed by atoms with Gasteiger partial charge >= 0.3 is 5.63 Å². The number of fused-ring (bicyclic) bond motifs is 1. The van der Waals surface area contributed by atoms with Crippen molar-refractivity contribution in [1.29, 1.82) is 0 Å². The number of hydrogen-bond donors (Lipinski definition) is 1. The van der Waals surface area contributed by atoms with Crippen LogP contribution in [0.25, 0.3) is 11.0 Å². The summed E-state index contributed by atoms with van der Waals surface area (Å²) in [6.07, 6.45) is 1.38. The van der Waals surface area contributed by atoms with Crippen molar-refractivity contribution in [3.05, 3.63) is 67.5 Å². The summed E-state index contributed by atoms with van der Waals surface area (Å²) >= 11 is 11.6. The third kappa shape index (κ3) is 2.78. The zero-order chi connectivity index (χ0) is 16.7. The van der Waals surface area contributed by atoms with Gasteiger partial charge in [0.1, 0.15) is 11.3 Å². The maximum absolute atomic E-state index is 14.0. The van der Waals surface area contributed by atoms with Gasteiger partial charge in [-0.05, 0) is 30.2 Å². The van der Waals surface area contributed by atoms with Crippen molar-refractivity contribution in [2.45, 2.75) is 13.3 Å². The fourth-order valence-corrected chi connectivity index (χ4v) is 2.73. The summed E-state index contributed by atoms with van der Waals surface area (Å²) in [6.45, 7) is 1.71. The summed E-state index contributed by atoms with van der Waals surface area (Å²) in [5.41, 5.74) is 0.742. The average Bonchev–Trinajstić information content (AvgIpc) is 2.50. The normalized spacial score (nSPS) is 11.1. The van der Waals surface area contributed by atoms with Gasteiger partial charge in [-0.1, -0.05) is 23.2 Å². The van der Waals surface area contributed by atoms with Crippen LogP contribution in [0, 0.1) is 12.7 Å². The number of aromatic nitrogens is 1. The molecule has 7 heteroatoms. The molecule has 0 fully saturated rings. The summed E-state index contributed by atoms with van der Waals surface area (Å²) in [6, 6.07) is 4.23. The minimum atomic E-state index is -0.670. The Hall–Kier alpha value is -2.11. The number of aryl methyl sites for hydroxylation is 1. The molecule has 2 aromatic heterocycles. The lowest BCUT2D eigenvalue weighted by Gasteiger charge is -2.09. The van der Waals surface area contributed by atoms with E-state index in [1.54, 1.807) is 6.92 Å². The molecule has 1 N–H and O–H groups in total. The first-order chi connectivity index (χ1) is 10.9. The van der Waals surface area contributed by atoms with Crippen molar-refractivity contribution in [2.75, 3.05) is 0 Å². The van der Waals surface area contributed by atoms with Gasteiger partial charge in [-0.2, -0.15) is 0 Å². The summed E-state index contributed by atoms with van der Waals surface area (Å²) in [4.78, 5) is 15.8. The zero-order valence-corrected chi connectivity index (χ0v) is 13.4. The molecule has 0 saturated heterocycles. The fourth-order valence-electron chi connectivity index (χ4n) is 2.38. The molecule has 0 aliphatic rings. The molecule has 0 amide bonds. The van der Waals surface area contributed by atoms with Crippen molar-refractivity contribution in [1.82, 2.24) is 4.98 Å². The molecule has 1 aromatic carbocycles. The Balaban J connectivity index is 2.20. The van der Waals surface area contributed by atoms with Crippen LogP contribution in [0.2, 0.25) is 10.2 Å². The van der Waals surface area contributed by atoms with Crippen LogP contribution in [0.15, 0.2) is 33.6 Å². The Morgan fingerprint density at radius 1 is 1.35 bits per heavy atom. The summed E-state index contributed by atoms with van der Waals surface area (Å²) < 4.78 is 19.2. The maximum atomic E-state index is 14.0. The Morgan fingerprint density at radius 3 is 2.83 bits per heavy atom. The molecule has 0 saturated carbocycles. The van der Waals surface area contributed by atoms with E-state index in [1.807, 2.05) is 0 Å². The third-order valence-electron chi connectivity index (χ3n) is 3.65. The zero-order valence-electron chi connectivity index (χ0n) is 11.9. The van der Waals surface area contributed by atoms with E-state index in [-0.39, 0.29) is 33.5 Å². The van der Waals surface area contributed by atoms with Crippen LogP contribution in [0.1, 0.15) is 16.7 Å². The fraction of sp³-hybridized carbons (Fsp3) is 0.125. The van der Waals surface area contributed by atoms with Gasteiger partial charge in [0, 0.05) is 29.6 Å². The second-order valence-corrected chi connectivity index (χ2v) is 5.81. The largest absolute Gasteiger partial charge is 0.506 e. The molecule has 3 rings (SSSR count). The Kier molecular flexibility index (Phi) is 4.00. The lowest BCUT2D eigenvalue weighted by Crippen LogP contribution is -2.12. The monoisotopic (exact) mass is 353 g/mol. The van der Waals surface area contributed by atoms with E-state index in [9.17, 15) is 14.3 Å². The van der Waals surface area contributed by atoms with Gasteiger partial charge in [-0.3, -0.25) is 0 Å². The Bertz CT molecular complexity index is 985. The van der Waals surface area contributed by atoms with Crippen molar-refractivity contribution in [2.24, 2.45) is 0 Å². The van der Waals surface area contributed by atoms with Crippen LogP contribution >= 0.6 is 23.2 Å². The predicted molar refractivity (Wildman–Crippen MR) is 85.9 cm³/mol. The van der Waals surface area contributed by atoms with Gasteiger partial charge in [-0.15, -0.1) is 0 Å². The molecule has 0 atom stereocenters. The van der Waals surface area contributed by atoms with E-state index < -0.39 is 11.4 Å². The van der Waals surface area contributed by atoms with Gasteiger partial charge in [-0.25, -0.2) is 14.2 Å². The van der Waals surface area contributed by atoms with E-state index in [0.29, 0.717) is 16.5 Å². The molecule has 2 heterocycles. The van der Waals surface area contributed by atoms with E-state index in [2.05, 4.69) is 4.98 Å². The second-order valence-electron chi connectivity index (χ2n) is 5.04. The highest BCUT2D eigenvalue weighted by Gasteiger charge is 2.16. The molecule has 0 bridgehead atoms. The lowest BCUT2D eigenvalue weighted by molar-refractivity contribution is 0.473. The number of phenols is 1. The molecule has 0 aliphatic carbocycles. The summed E-state index contributed by atoms with van der Waals surface area (Å²) in [7, 11) is 0. The number of benzene rings is 1. The van der Waals surface area contributed by atoms with Crippen molar-refractivity contribution < 1.29 is 13.9 Å². The first-order valence-corrected chi connectivity index (χ1v) is 7.37. The van der Waals surface area contributed by atoms with Gasteiger partial charge in [0.25, 0.3) is 0 Å². The average molecular weight is 354 g/mol. The predicted octanol–water partition coefficient (Wildman–Crippen LogP) is 4.24. The molecule has 0 unspecified atom stereocenters. The quantitative estimate of drug-likeness (QED) is 0.552. The molecular formula is C16H10Cl2FNO3. The van der Waals surface area contributed by atoms with Crippen LogP contribution in [0.3, 0.4) is 0 Å². The van der Waals surface area contributed by atoms with E-state index >= 15 is 0 Å². The van der Waals surface area contributed by atoms with E-state index in [0.717, 1.165) is 0 Å². The summed E-state index contributed by atoms with van der Waals surface area (Å²) in [5.74, 6) is -0.849. The van der Waals surface area contributed by atoms with Crippen LogP contribution in [0.5, 0.6) is 5.75 Å². The molecular weight excluding hydrogens is 344 g/mol. The molecule has 0 radical (unpaired) electrons. The SMILES string of the molecule is Cc1c(Cc2ccnc(Cl)c2F)c(=O)oc2cc(O)c(Cl)cc12. The second kappa shape index (κ2) is 5.83. The minimum Gasteiger partial charge on any atom is -0.506 e. The van der Waals surface area contributed by atoms with E-state index in [1.165, 1.54) is 24.4 Å². The molecule has 0 spiro atoms. The molecule has 0 aliphatic heterocycles. The van der Waals surface area contributed by atoms with Crippen molar-refractivity contribution in [3.8, 4) is 5.75 Å². The minimum absolute atomic E-state index is 0.0106. The molecule has 118 valence electrons.